The van der Waals surface area contributed by atoms with Gasteiger partial charge in [-0.1, -0.05) is 20.8 Å². The lowest BCUT2D eigenvalue weighted by molar-refractivity contribution is -0.139. The summed E-state index contributed by atoms with van der Waals surface area (Å²) in [5.41, 5.74) is 0. The van der Waals surface area contributed by atoms with Crippen molar-refractivity contribution in [2.24, 2.45) is 5.92 Å². The lowest BCUT2D eigenvalue weighted by Gasteiger charge is -2.37. The van der Waals surface area contributed by atoms with E-state index in [1.807, 2.05) is 11.8 Å². The molecule has 2 heterocycles. The van der Waals surface area contributed by atoms with E-state index in [0.29, 0.717) is 25.0 Å². The largest absolute Gasteiger partial charge is 0.416 e. The van der Waals surface area contributed by atoms with Crippen molar-refractivity contribution < 1.29 is 14.0 Å². The van der Waals surface area contributed by atoms with Crippen molar-refractivity contribution in [3.05, 3.63) is 0 Å². The van der Waals surface area contributed by atoms with Gasteiger partial charge in [-0.25, -0.2) is 0 Å². The number of carbonyl (C=O) groups is 1. The fourth-order valence-electron chi connectivity index (χ4n) is 3.14. The molecule has 0 aromatic heterocycles. The second kappa shape index (κ2) is 6.01. The average molecular weight is 314 g/mol. The number of hydrogen-bond acceptors (Lipinski definition) is 3. The van der Waals surface area contributed by atoms with E-state index in [-0.39, 0.29) is 17.2 Å². The van der Waals surface area contributed by atoms with Crippen LogP contribution >= 0.6 is 0 Å². The molecule has 0 aliphatic carbocycles. The molecule has 0 saturated carbocycles. The summed E-state index contributed by atoms with van der Waals surface area (Å²) >= 11 is 0. The van der Waals surface area contributed by atoms with Crippen LogP contribution in [0.2, 0.25) is 18.1 Å². The minimum absolute atomic E-state index is 0.0250. The molecule has 0 aromatic carbocycles. The molecule has 2 fully saturated rings. The van der Waals surface area contributed by atoms with Gasteiger partial charge in [0, 0.05) is 31.6 Å². The highest BCUT2D eigenvalue weighted by Crippen LogP contribution is 2.41. The number of rotatable bonds is 5. The van der Waals surface area contributed by atoms with Gasteiger partial charge in [-0.3, -0.25) is 4.79 Å². The van der Waals surface area contributed by atoms with Crippen LogP contribution in [0, 0.1) is 5.92 Å². The molecule has 0 N–H and O–H groups in total. The molecule has 0 radical (unpaired) electrons. The Bertz CT molecular complexity index is 391. The van der Waals surface area contributed by atoms with Crippen LogP contribution in [0.1, 0.15) is 47.0 Å². The van der Waals surface area contributed by atoms with Gasteiger partial charge < -0.3 is 14.1 Å². The summed E-state index contributed by atoms with van der Waals surface area (Å²) in [7, 11) is -1.72. The van der Waals surface area contributed by atoms with Crippen LogP contribution in [-0.4, -0.2) is 44.6 Å². The number of amides is 1. The number of fused-ring (bicyclic) bond motifs is 1. The minimum atomic E-state index is -1.72. The lowest BCUT2D eigenvalue weighted by Crippen LogP contribution is -2.43. The Labute approximate surface area is 130 Å². The molecule has 122 valence electrons. The van der Waals surface area contributed by atoms with Crippen molar-refractivity contribution in [1.29, 1.82) is 0 Å². The summed E-state index contributed by atoms with van der Waals surface area (Å²) in [6.07, 6.45) is 2.54. The zero-order valence-corrected chi connectivity index (χ0v) is 15.4. The van der Waals surface area contributed by atoms with Crippen LogP contribution < -0.4 is 0 Å². The number of hydrogen-bond donors (Lipinski definition) is 0. The quantitative estimate of drug-likeness (QED) is 0.730. The normalized spacial score (nSPS) is 30.1. The Morgan fingerprint density at radius 3 is 2.57 bits per heavy atom. The number of carbonyl (C=O) groups excluding carboxylic acids is 1. The van der Waals surface area contributed by atoms with Gasteiger partial charge in [0.05, 0.1) is 0 Å². The zero-order chi connectivity index (χ0) is 15.8. The maximum Gasteiger partial charge on any atom is 0.224 e. The van der Waals surface area contributed by atoms with Gasteiger partial charge in [0.1, 0.15) is 6.23 Å². The Hall–Kier alpha value is -0.393. The van der Waals surface area contributed by atoms with Crippen LogP contribution in [-0.2, 0) is 14.0 Å². The maximum atomic E-state index is 12.1. The molecule has 21 heavy (non-hydrogen) atoms. The molecule has 4 nitrogen and oxygen atoms in total. The third-order valence-corrected chi connectivity index (χ3v) is 9.98. The number of ether oxygens (including phenoxy) is 1. The summed E-state index contributed by atoms with van der Waals surface area (Å²) in [4.78, 5) is 14.1. The number of nitrogens with zero attached hydrogens (tertiary/aromatic N) is 1. The monoisotopic (exact) mass is 313 g/mol. The van der Waals surface area contributed by atoms with Gasteiger partial charge in [0.15, 0.2) is 8.32 Å². The molecule has 2 aliphatic rings. The topological polar surface area (TPSA) is 38.8 Å². The van der Waals surface area contributed by atoms with Crippen molar-refractivity contribution >= 4 is 14.2 Å². The lowest BCUT2D eigenvalue weighted by atomic mass is 9.99. The summed E-state index contributed by atoms with van der Waals surface area (Å²) in [6, 6.07) is 0.332. The zero-order valence-electron chi connectivity index (χ0n) is 14.4. The summed E-state index contributed by atoms with van der Waals surface area (Å²) < 4.78 is 12.2. The van der Waals surface area contributed by atoms with Crippen molar-refractivity contribution in [3.8, 4) is 0 Å². The summed E-state index contributed by atoms with van der Waals surface area (Å²) in [5.74, 6) is 0.690. The molecule has 2 saturated heterocycles. The second-order valence-corrected chi connectivity index (χ2v) is 12.7. The van der Waals surface area contributed by atoms with Gasteiger partial charge in [-0.15, -0.1) is 0 Å². The Kier molecular flexibility index (Phi) is 4.86. The molecule has 1 amide bonds. The molecule has 0 spiro atoms. The Morgan fingerprint density at radius 1 is 1.33 bits per heavy atom. The van der Waals surface area contributed by atoms with Gasteiger partial charge in [-0.05, 0) is 37.9 Å². The Balaban J connectivity index is 2.00. The minimum Gasteiger partial charge on any atom is -0.416 e. The standard InChI is InChI=1S/C16H31NO3Si/c1-7-19-15-10-12(13-8-9-14(18)17(13)15)11-20-21(5,6)16(2,3)4/h12-13,15H,7-11H2,1-6H3/t12-,13-,15+/m0/s1. The molecule has 0 unspecified atom stereocenters. The van der Waals surface area contributed by atoms with Crippen molar-refractivity contribution in [1.82, 2.24) is 4.90 Å². The van der Waals surface area contributed by atoms with E-state index in [1.54, 1.807) is 0 Å². The highest BCUT2D eigenvalue weighted by Gasteiger charge is 2.48. The van der Waals surface area contributed by atoms with Crippen LogP contribution in [0.4, 0.5) is 0 Å². The van der Waals surface area contributed by atoms with Crippen LogP contribution in [0.25, 0.3) is 0 Å². The SMILES string of the molecule is CCO[C@@H]1C[C@@H](CO[Si](C)(C)C(C)(C)C)[C@@H]2CCC(=O)N12. The molecular formula is C16H31NO3Si. The summed E-state index contributed by atoms with van der Waals surface area (Å²) in [5, 5.41) is 0.232. The molecule has 2 aliphatic heterocycles. The third-order valence-electron chi connectivity index (χ3n) is 5.48. The molecule has 3 atom stereocenters. The highest BCUT2D eigenvalue weighted by atomic mass is 28.4. The average Bonchev–Trinajstić information content (AvgIpc) is 2.89. The Morgan fingerprint density at radius 2 is 2.00 bits per heavy atom. The van der Waals surface area contributed by atoms with Gasteiger partial charge in [0.2, 0.25) is 5.91 Å². The predicted molar refractivity (Wildman–Crippen MR) is 86.5 cm³/mol. The first kappa shape index (κ1) is 17.0. The first-order chi connectivity index (χ1) is 9.67. The van der Waals surface area contributed by atoms with E-state index in [1.165, 1.54) is 0 Å². The van der Waals surface area contributed by atoms with Crippen molar-refractivity contribution in [2.45, 2.75) is 77.4 Å². The molecule has 0 aromatic rings. The van der Waals surface area contributed by atoms with E-state index >= 15 is 0 Å². The van der Waals surface area contributed by atoms with Gasteiger partial charge in [-0.2, -0.15) is 0 Å². The second-order valence-electron chi connectivity index (χ2n) is 7.88. The van der Waals surface area contributed by atoms with Crippen molar-refractivity contribution in [2.75, 3.05) is 13.2 Å². The molecule has 0 bridgehead atoms. The first-order valence-corrected chi connectivity index (χ1v) is 11.1. The summed E-state index contributed by atoms with van der Waals surface area (Å²) in [6.45, 7) is 14.8. The van der Waals surface area contributed by atoms with Crippen LogP contribution in [0.5, 0.6) is 0 Å². The van der Waals surface area contributed by atoms with Gasteiger partial charge >= 0.3 is 0 Å². The third kappa shape index (κ3) is 3.35. The molecule has 5 heteroatoms. The molecule has 2 rings (SSSR count). The first-order valence-electron chi connectivity index (χ1n) is 8.24. The van der Waals surface area contributed by atoms with Gasteiger partial charge in [0.25, 0.3) is 0 Å². The van der Waals surface area contributed by atoms with Crippen molar-refractivity contribution in [3.63, 3.8) is 0 Å². The fraction of sp³-hybridized carbons (Fsp3) is 0.938. The van der Waals surface area contributed by atoms with E-state index in [0.717, 1.165) is 19.4 Å². The predicted octanol–water partition coefficient (Wildman–Crippen LogP) is 3.38. The molecular weight excluding hydrogens is 282 g/mol. The van der Waals surface area contributed by atoms with Crippen LogP contribution in [0.15, 0.2) is 0 Å². The highest BCUT2D eigenvalue weighted by molar-refractivity contribution is 6.74. The van der Waals surface area contributed by atoms with Crippen LogP contribution in [0.3, 0.4) is 0 Å². The van der Waals surface area contributed by atoms with E-state index in [9.17, 15) is 4.79 Å². The smallest absolute Gasteiger partial charge is 0.224 e. The maximum absolute atomic E-state index is 12.1. The fourth-order valence-corrected chi connectivity index (χ4v) is 4.21. The van der Waals surface area contributed by atoms with E-state index in [4.69, 9.17) is 9.16 Å². The van der Waals surface area contributed by atoms with E-state index < -0.39 is 8.32 Å². The van der Waals surface area contributed by atoms with E-state index in [2.05, 4.69) is 33.9 Å².